The van der Waals surface area contributed by atoms with Crippen LogP contribution in [0.25, 0.3) is 0 Å². The minimum absolute atomic E-state index is 0.229. The van der Waals surface area contributed by atoms with Gasteiger partial charge in [-0.1, -0.05) is 60.7 Å². The number of hydrogen-bond donors (Lipinski definition) is 0. The molecule has 0 spiro atoms. The van der Waals surface area contributed by atoms with Crippen LogP contribution in [0.5, 0.6) is 11.5 Å². The fourth-order valence-corrected chi connectivity index (χ4v) is 3.16. The lowest BCUT2D eigenvalue weighted by atomic mass is 10.1. The molecule has 0 aliphatic carbocycles. The number of ether oxygens (including phenoxy) is 3. The van der Waals surface area contributed by atoms with Gasteiger partial charge in [-0.05, 0) is 29.3 Å². The van der Waals surface area contributed by atoms with Crippen molar-refractivity contribution in [2.75, 3.05) is 13.2 Å². The summed E-state index contributed by atoms with van der Waals surface area (Å²) in [6.45, 7) is 2.08. The summed E-state index contributed by atoms with van der Waals surface area (Å²) < 4.78 is 17.4. The van der Waals surface area contributed by atoms with E-state index in [1.807, 2.05) is 48.5 Å². The molecule has 3 rings (SSSR count). The number of esters is 1. The minimum Gasteiger partial charge on any atom is -0.489 e. The summed E-state index contributed by atoms with van der Waals surface area (Å²) in [5.74, 6) is 0.712. The van der Waals surface area contributed by atoms with E-state index in [1.54, 1.807) is 18.2 Å². The molecule has 0 bridgehead atoms. The molecule has 31 heavy (non-hydrogen) atoms. The predicted octanol–water partition coefficient (Wildman–Crippen LogP) is 5.19. The van der Waals surface area contributed by atoms with Gasteiger partial charge in [0.1, 0.15) is 12.4 Å². The van der Waals surface area contributed by atoms with Gasteiger partial charge in [0, 0.05) is 25.3 Å². The molecule has 3 aromatic rings. The van der Waals surface area contributed by atoms with Crippen molar-refractivity contribution in [3.63, 3.8) is 0 Å². The van der Waals surface area contributed by atoms with Crippen LogP contribution in [-0.2, 0) is 16.0 Å². The molecule has 3 aromatic carbocycles. The van der Waals surface area contributed by atoms with Crippen LogP contribution in [0.3, 0.4) is 0 Å². The molecule has 5 heteroatoms. The highest BCUT2D eigenvalue weighted by Gasteiger charge is 2.17. The number of hydrogen-bond acceptors (Lipinski definition) is 5. The normalized spacial score (nSPS) is 11.4. The van der Waals surface area contributed by atoms with Crippen LogP contribution >= 0.6 is 0 Å². The van der Waals surface area contributed by atoms with Crippen LogP contribution in [0.2, 0.25) is 0 Å². The summed E-state index contributed by atoms with van der Waals surface area (Å²) in [5, 5.41) is 0. The minimum atomic E-state index is -0.362. The van der Waals surface area contributed by atoms with Crippen molar-refractivity contribution < 1.29 is 23.8 Å². The second-order valence-corrected chi connectivity index (χ2v) is 7.05. The number of benzene rings is 3. The number of rotatable bonds is 11. The third-order valence-corrected chi connectivity index (χ3v) is 4.72. The van der Waals surface area contributed by atoms with Crippen molar-refractivity contribution in [1.29, 1.82) is 0 Å². The highest BCUT2D eigenvalue weighted by Crippen LogP contribution is 2.33. The zero-order chi connectivity index (χ0) is 21.9. The quantitative estimate of drug-likeness (QED) is 0.317. The highest BCUT2D eigenvalue weighted by molar-refractivity contribution is 5.76. The standard InChI is InChI=1S/C26H26O5/c1-20(28)29-17-15-24(23-10-6-3-7-11-23)31-26-18-22(19-27)12-13-25(26)30-16-14-21-8-4-2-5-9-21/h2-13,18-19,24H,14-17H2,1H3. The molecule has 0 radical (unpaired) electrons. The molecule has 0 saturated carbocycles. The molecule has 0 N–H and O–H groups in total. The van der Waals surface area contributed by atoms with Crippen LogP contribution < -0.4 is 9.47 Å². The lowest BCUT2D eigenvalue weighted by molar-refractivity contribution is -0.141. The van der Waals surface area contributed by atoms with Gasteiger partial charge in [0.25, 0.3) is 0 Å². The van der Waals surface area contributed by atoms with E-state index in [-0.39, 0.29) is 18.7 Å². The zero-order valence-electron chi connectivity index (χ0n) is 17.5. The molecule has 1 unspecified atom stereocenters. The fourth-order valence-electron chi connectivity index (χ4n) is 3.16. The smallest absolute Gasteiger partial charge is 0.302 e. The van der Waals surface area contributed by atoms with Crippen LogP contribution in [0, 0.1) is 0 Å². The summed E-state index contributed by atoms with van der Waals surface area (Å²) in [6, 6.07) is 24.9. The van der Waals surface area contributed by atoms with E-state index in [0.29, 0.717) is 30.1 Å². The van der Waals surface area contributed by atoms with Gasteiger partial charge in [-0.2, -0.15) is 0 Å². The fraction of sp³-hybridized carbons (Fsp3) is 0.231. The summed E-state index contributed by atoms with van der Waals surface area (Å²) in [7, 11) is 0. The van der Waals surface area contributed by atoms with E-state index >= 15 is 0 Å². The van der Waals surface area contributed by atoms with Gasteiger partial charge in [-0.15, -0.1) is 0 Å². The van der Waals surface area contributed by atoms with Gasteiger partial charge in [-0.3, -0.25) is 9.59 Å². The zero-order valence-corrected chi connectivity index (χ0v) is 17.5. The van der Waals surface area contributed by atoms with Crippen LogP contribution in [0.1, 0.15) is 40.9 Å². The lowest BCUT2D eigenvalue weighted by Gasteiger charge is -2.22. The summed E-state index contributed by atoms with van der Waals surface area (Å²) in [4.78, 5) is 22.5. The molecule has 0 amide bonds. The van der Waals surface area contributed by atoms with E-state index in [0.717, 1.165) is 18.3 Å². The summed E-state index contributed by atoms with van der Waals surface area (Å²) in [6.07, 6.45) is 1.64. The topological polar surface area (TPSA) is 61.8 Å². The first-order valence-corrected chi connectivity index (χ1v) is 10.3. The van der Waals surface area contributed by atoms with E-state index in [2.05, 4.69) is 12.1 Å². The first kappa shape index (κ1) is 22.1. The monoisotopic (exact) mass is 418 g/mol. The molecule has 0 heterocycles. The molecule has 0 aromatic heterocycles. The van der Waals surface area contributed by atoms with Crippen LogP contribution in [0.15, 0.2) is 78.9 Å². The van der Waals surface area contributed by atoms with Gasteiger partial charge in [0.15, 0.2) is 11.5 Å². The Kier molecular flexibility index (Phi) is 8.23. The first-order valence-electron chi connectivity index (χ1n) is 10.3. The number of carbonyl (C=O) groups excluding carboxylic acids is 2. The van der Waals surface area contributed by atoms with E-state index < -0.39 is 0 Å². The van der Waals surface area contributed by atoms with Crippen molar-refractivity contribution in [2.24, 2.45) is 0 Å². The van der Waals surface area contributed by atoms with E-state index in [1.165, 1.54) is 12.5 Å². The molecule has 0 aliphatic heterocycles. The molecule has 0 fully saturated rings. The van der Waals surface area contributed by atoms with Crippen molar-refractivity contribution >= 4 is 12.3 Å². The Bertz CT molecular complexity index is 970. The number of carbonyl (C=O) groups is 2. The summed E-state index contributed by atoms with van der Waals surface area (Å²) >= 11 is 0. The lowest BCUT2D eigenvalue weighted by Crippen LogP contribution is -2.13. The molecular formula is C26H26O5. The molecular weight excluding hydrogens is 392 g/mol. The second-order valence-electron chi connectivity index (χ2n) is 7.05. The third-order valence-electron chi connectivity index (χ3n) is 4.72. The van der Waals surface area contributed by atoms with E-state index in [9.17, 15) is 9.59 Å². The maximum absolute atomic E-state index is 11.3. The molecule has 0 saturated heterocycles. The Balaban J connectivity index is 1.76. The Hall–Kier alpha value is -3.60. The molecule has 5 nitrogen and oxygen atoms in total. The van der Waals surface area contributed by atoms with Gasteiger partial charge >= 0.3 is 5.97 Å². The highest BCUT2D eigenvalue weighted by atomic mass is 16.5. The average Bonchev–Trinajstić information content (AvgIpc) is 2.80. The third kappa shape index (κ3) is 7.00. The second kappa shape index (κ2) is 11.6. The van der Waals surface area contributed by atoms with Gasteiger partial charge < -0.3 is 14.2 Å². The Morgan fingerprint density at radius 1 is 0.903 bits per heavy atom. The van der Waals surface area contributed by atoms with Crippen LogP contribution in [-0.4, -0.2) is 25.5 Å². The molecule has 160 valence electrons. The molecule has 0 aliphatic rings. The maximum atomic E-state index is 11.3. The SMILES string of the molecule is CC(=O)OCCC(Oc1cc(C=O)ccc1OCCc1ccccc1)c1ccccc1. The summed E-state index contributed by atoms with van der Waals surface area (Å²) in [5.41, 5.74) is 2.62. The Labute approximate surface area is 182 Å². The van der Waals surface area contributed by atoms with Crippen molar-refractivity contribution in [1.82, 2.24) is 0 Å². The predicted molar refractivity (Wildman–Crippen MR) is 119 cm³/mol. The van der Waals surface area contributed by atoms with Crippen molar-refractivity contribution in [3.8, 4) is 11.5 Å². The van der Waals surface area contributed by atoms with Crippen molar-refractivity contribution in [2.45, 2.75) is 25.9 Å². The van der Waals surface area contributed by atoms with E-state index in [4.69, 9.17) is 14.2 Å². The van der Waals surface area contributed by atoms with Crippen LogP contribution in [0.4, 0.5) is 0 Å². The van der Waals surface area contributed by atoms with Gasteiger partial charge in [0.05, 0.1) is 13.2 Å². The van der Waals surface area contributed by atoms with Crippen molar-refractivity contribution in [3.05, 3.63) is 95.6 Å². The largest absolute Gasteiger partial charge is 0.489 e. The first-order chi connectivity index (χ1) is 15.2. The molecule has 1 atom stereocenters. The number of aldehydes is 1. The Morgan fingerprint density at radius 2 is 1.61 bits per heavy atom. The van der Waals surface area contributed by atoms with Gasteiger partial charge in [0.2, 0.25) is 0 Å². The average molecular weight is 418 g/mol. The maximum Gasteiger partial charge on any atom is 0.302 e. The van der Waals surface area contributed by atoms with Gasteiger partial charge in [-0.25, -0.2) is 0 Å². The Morgan fingerprint density at radius 3 is 2.29 bits per heavy atom.